The fourth-order valence-electron chi connectivity index (χ4n) is 2.02. The Morgan fingerprint density at radius 1 is 1.44 bits per heavy atom. The molecular formula is C11H14Cl2N4O. The van der Waals surface area contributed by atoms with Crippen LogP contribution in [0.3, 0.4) is 0 Å². The van der Waals surface area contributed by atoms with Gasteiger partial charge in [0.25, 0.3) is 5.91 Å². The molecule has 0 bridgehead atoms. The van der Waals surface area contributed by atoms with E-state index in [-0.39, 0.29) is 16.2 Å². The zero-order valence-electron chi connectivity index (χ0n) is 10.2. The van der Waals surface area contributed by atoms with Crippen molar-refractivity contribution in [1.29, 1.82) is 0 Å². The van der Waals surface area contributed by atoms with E-state index in [0.29, 0.717) is 18.2 Å². The van der Waals surface area contributed by atoms with Crippen molar-refractivity contribution in [3.63, 3.8) is 0 Å². The van der Waals surface area contributed by atoms with Crippen LogP contribution < -0.4 is 0 Å². The van der Waals surface area contributed by atoms with Crippen LogP contribution in [0.4, 0.5) is 0 Å². The van der Waals surface area contributed by atoms with Crippen LogP contribution in [0.5, 0.6) is 0 Å². The van der Waals surface area contributed by atoms with Crippen molar-refractivity contribution in [2.24, 2.45) is 0 Å². The number of amides is 1. The van der Waals surface area contributed by atoms with Crippen LogP contribution in [0.25, 0.3) is 0 Å². The zero-order valence-corrected chi connectivity index (χ0v) is 11.7. The fraction of sp³-hybridized carbons (Fsp3) is 0.545. The Kier molecular flexibility index (Phi) is 4.04. The first-order chi connectivity index (χ1) is 8.49. The highest BCUT2D eigenvalue weighted by Crippen LogP contribution is 2.21. The minimum absolute atomic E-state index is 0.0951. The van der Waals surface area contributed by atoms with Crippen LogP contribution >= 0.6 is 23.2 Å². The summed E-state index contributed by atoms with van der Waals surface area (Å²) in [6.45, 7) is 1.42. The number of halogens is 2. The number of carbonyl (C=O) groups excluding carboxylic acids is 1. The van der Waals surface area contributed by atoms with Gasteiger partial charge in [0, 0.05) is 19.1 Å². The van der Waals surface area contributed by atoms with Crippen molar-refractivity contribution in [2.45, 2.75) is 12.5 Å². The van der Waals surface area contributed by atoms with Gasteiger partial charge >= 0.3 is 0 Å². The second-order valence-electron chi connectivity index (χ2n) is 4.53. The zero-order chi connectivity index (χ0) is 13.3. The van der Waals surface area contributed by atoms with Crippen LogP contribution in [0.15, 0.2) is 6.07 Å². The van der Waals surface area contributed by atoms with Crippen LogP contribution in [0.1, 0.15) is 16.8 Å². The molecule has 0 saturated carbocycles. The largest absolute Gasteiger partial charge is 0.337 e. The number of nitrogens with zero attached hydrogens (tertiary/aromatic N) is 4. The van der Waals surface area contributed by atoms with Gasteiger partial charge in [0.15, 0.2) is 10.3 Å². The average molecular weight is 289 g/mol. The highest BCUT2D eigenvalue weighted by molar-refractivity contribution is 6.34. The molecule has 1 aliphatic heterocycles. The van der Waals surface area contributed by atoms with Crippen LogP contribution in [-0.4, -0.2) is 59.1 Å². The molecule has 2 heterocycles. The molecule has 7 heteroatoms. The maximum absolute atomic E-state index is 12.3. The number of aromatic nitrogens is 2. The average Bonchev–Trinajstić information content (AvgIpc) is 2.81. The predicted octanol–water partition coefficient (Wildman–Crippen LogP) is 1.56. The molecule has 1 aromatic heterocycles. The third kappa shape index (κ3) is 2.74. The van der Waals surface area contributed by atoms with E-state index in [0.717, 1.165) is 13.0 Å². The normalized spacial score (nSPS) is 19.6. The van der Waals surface area contributed by atoms with E-state index < -0.39 is 0 Å². The minimum atomic E-state index is -0.138. The number of likely N-dealkylation sites (tertiary alicyclic amines) is 1. The van der Waals surface area contributed by atoms with Crippen LogP contribution in [0.2, 0.25) is 10.3 Å². The molecule has 0 aliphatic carbocycles. The van der Waals surface area contributed by atoms with Crippen molar-refractivity contribution in [3.8, 4) is 0 Å². The lowest BCUT2D eigenvalue weighted by atomic mass is 10.2. The summed E-state index contributed by atoms with van der Waals surface area (Å²) in [5.74, 6) is -0.138. The molecule has 0 radical (unpaired) electrons. The van der Waals surface area contributed by atoms with Gasteiger partial charge in [-0.25, -0.2) is 0 Å². The standard InChI is InChI=1S/C11H14Cl2N4O/c1-16(2)7-3-4-17(6-7)11(18)8-5-9(12)14-15-10(8)13/h5,7H,3-4,6H2,1-2H3. The molecule has 18 heavy (non-hydrogen) atoms. The van der Waals surface area contributed by atoms with Gasteiger partial charge in [-0.3, -0.25) is 4.79 Å². The first-order valence-corrected chi connectivity index (χ1v) is 6.39. The molecule has 1 atom stereocenters. The molecule has 1 unspecified atom stereocenters. The molecule has 98 valence electrons. The first kappa shape index (κ1) is 13.5. The van der Waals surface area contributed by atoms with E-state index in [1.807, 2.05) is 14.1 Å². The van der Waals surface area contributed by atoms with Crippen LogP contribution in [0, 0.1) is 0 Å². The highest BCUT2D eigenvalue weighted by atomic mass is 35.5. The summed E-state index contributed by atoms with van der Waals surface area (Å²) in [5.41, 5.74) is 0.316. The molecule has 0 N–H and O–H groups in total. The van der Waals surface area contributed by atoms with Gasteiger partial charge in [-0.2, -0.15) is 0 Å². The van der Waals surface area contributed by atoms with Gasteiger partial charge in [-0.1, -0.05) is 23.2 Å². The number of likely N-dealkylation sites (N-methyl/N-ethyl adjacent to an activating group) is 1. The monoisotopic (exact) mass is 288 g/mol. The Bertz CT molecular complexity index is 466. The summed E-state index contributed by atoms with van der Waals surface area (Å²) < 4.78 is 0. The smallest absolute Gasteiger partial charge is 0.257 e. The number of carbonyl (C=O) groups is 1. The van der Waals surface area contributed by atoms with Gasteiger partial charge in [-0.15, -0.1) is 10.2 Å². The van der Waals surface area contributed by atoms with E-state index in [4.69, 9.17) is 23.2 Å². The Morgan fingerprint density at radius 2 is 2.17 bits per heavy atom. The molecule has 0 spiro atoms. The minimum Gasteiger partial charge on any atom is -0.337 e. The first-order valence-electron chi connectivity index (χ1n) is 5.63. The summed E-state index contributed by atoms with van der Waals surface area (Å²) in [6.07, 6.45) is 0.961. The summed E-state index contributed by atoms with van der Waals surface area (Å²) in [5, 5.41) is 7.51. The maximum Gasteiger partial charge on any atom is 0.257 e. The Labute approximate surface area is 116 Å². The summed E-state index contributed by atoms with van der Waals surface area (Å²) in [6, 6.07) is 1.85. The van der Waals surface area contributed by atoms with Crippen LogP contribution in [-0.2, 0) is 0 Å². The van der Waals surface area contributed by atoms with Crippen molar-refractivity contribution in [2.75, 3.05) is 27.2 Å². The Morgan fingerprint density at radius 3 is 2.78 bits per heavy atom. The van der Waals surface area contributed by atoms with E-state index in [1.165, 1.54) is 6.07 Å². The van der Waals surface area contributed by atoms with Crippen molar-refractivity contribution in [1.82, 2.24) is 20.0 Å². The van der Waals surface area contributed by atoms with Crippen molar-refractivity contribution < 1.29 is 4.79 Å². The van der Waals surface area contributed by atoms with Crippen molar-refractivity contribution in [3.05, 3.63) is 21.9 Å². The van der Waals surface area contributed by atoms with E-state index >= 15 is 0 Å². The summed E-state index contributed by atoms with van der Waals surface area (Å²) in [4.78, 5) is 16.2. The molecular weight excluding hydrogens is 275 g/mol. The lowest BCUT2D eigenvalue weighted by molar-refractivity contribution is 0.0782. The maximum atomic E-state index is 12.3. The second-order valence-corrected chi connectivity index (χ2v) is 5.27. The summed E-state index contributed by atoms with van der Waals surface area (Å²) >= 11 is 11.6. The van der Waals surface area contributed by atoms with Crippen molar-refractivity contribution >= 4 is 29.1 Å². The topological polar surface area (TPSA) is 49.3 Å². The SMILES string of the molecule is CN(C)C1CCN(C(=O)c2cc(Cl)nnc2Cl)C1. The molecule has 1 fully saturated rings. The lowest BCUT2D eigenvalue weighted by Crippen LogP contribution is -2.34. The molecule has 1 aliphatic rings. The van der Waals surface area contributed by atoms with E-state index in [1.54, 1.807) is 4.90 Å². The number of hydrogen-bond acceptors (Lipinski definition) is 4. The number of rotatable bonds is 2. The highest BCUT2D eigenvalue weighted by Gasteiger charge is 2.29. The molecule has 0 aromatic carbocycles. The number of hydrogen-bond donors (Lipinski definition) is 0. The Hall–Kier alpha value is -0.910. The summed E-state index contributed by atoms with van der Waals surface area (Å²) in [7, 11) is 4.02. The molecule has 2 rings (SSSR count). The predicted molar refractivity (Wildman–Crippen MR) is 70.0 cm³/mol. The van der Waals surface area contributed by atoms with Gasteiger partial charge < -0.3 is 9.80 Å². The third-order valence-electron chi connectivity index (χ3n) is 3.13. The van der Waals surface area contributed by atoms with E-state index in [2.05, 4.69) is 15.1 Å². The quantitative estimate of drug-likeness (QED) is 0.829. The van der Waals surface area contributed by atoms with Gasteiger partial charge in [0.2, 0.25) is 0 Å². The molecule has 5 nitrogen and oxygen atoms in total. The molecule has 1 saturated heterocycles. The molecule has 1 amide bonds. The molecule has 1 aromatic rings. The van der Waals surface area contributed by atoms with Gasteiger partial charge in [0.1, 0.15) is 0 Å². The Balaban J connectivity index is 2.15. The van der Waals surface area contributed by atoms with Gasteiger partial charge in [0.05, 0.1) is 5.56 Å². The second kappa shape index (κ2) is 5.38. The lowest BCUT2D eigenvalue weighted by Gasteiger charge is -2.20. The third-order valence-corrected chi connectivity index (χ3v) is 3.59. The van der Waals surface area contributed by atoms with Gasteiger partial charge in [-0.05, 0) is 26.6 Å². The van der Waals surface area contributed by atoms with E-state index in [9.17, 15) is 4.79 Å². The fourth-order valence-corrected chi connectivity index (χ4v) is 2.34.